The summed E-state index contributed by atoms with van der Waals surface area (Å²) >= 11 is 0. The van der Waals surface area contributed by atoms with Crippen LogP contribution in [0.3, 0.4) is 0 Å². The highest BCUT2D eigenvalue weighted by Gasteiger charge is 2.04. The molecule has 0 bridgehead atoms. The third kappa shape index (κ3) is 2.91. The molecule has 4 heteroatoms. The van der Waals surface area contributed by atoms with Crippen LogP contribution in [-0.4, -0.2) is 14.1 Å². The Balaban J connectivity index is 2.21. The molecule has 3 nitrogen and oxygen atoms in total. The zero-order valence-corrected chi connectivity index (χ0v) is 10.3. The molecule has 18 heavy (non-hydrogen) atoms. The second-order valence-corrected chi connectivity index (χ2v) is 4.07. The maximum Gasteiger partial charge on any atom is 0.148 e. The Morgan fingerprint density at radius 1 is 0.889 bits per heavy atom. The molecule has 92 valence electrons. The van der Waals surface area contributed by atoms with Gasteiger partial charge in [-0.3, -0.25) is 0 Å². The molecule has 0 aromatic heterocycles. The first-order valence-corrected chi connectivity index (χ1v) is 5.60. The van der Waals surface area contributed by atoms with E-state index in [0.717, 1.165) is 5.69 Å². The second-order valence-electron chi connectivity index (χ2n) is 4.07. The largest absolute Gasteiger partial charge is 0.375 e. The topological polar surface area (TPSA) is 28.0 Å². The van der Waals surface area contributed by atoms with Crippen LogP contribution in [0.2, 0.25) is 0 Å². The predicted octanol–water partition coefficient (Wildman–Crippen LogP) is 4.31. The van der Waals surface area contributed by atoms with Gasteiger partial charge in [0.25, 0.3) is 0 Å². The Hall–Kier alpha value is -2.23. The third-order valence-electron chi connectivity index (χ3n) is 2.45. The molecule has 0 heterocycles. The van der Waals surface area contributed by atoms with Gasteiger partial charge >= 0.3 is 0 Å². The molecule has 2 rings (SSSR count). The van der Waals surface area contributed by atoms with Crippen LogP contribution in [0.15, 0.2) is 58.8 Å². The van der Waals surface area contributed by atoms with Crippen LogP contribution in [0.1, 0.15) is 0 Å². The van der Waals surface area contributed by atoms with Gasteiger partial charge in [0, 0.05) is 20.2 Å². The summed E-state index contributed by atoms with van der Waals surface area (Å²) in [7, 11) is 3.59. The van der Waals surface area contributed by atoms with E-state index in [0.29, 0.717) is 11.4 Å². The van der Waals surface area contributed by atoms with Gasteiger partial charge in [0.2, 0.25) is 0 Å². The quantitative estimate of drug-likeness (QED) is 0.738. The molecule has 0 saturated carbocycles. The highest BCUT2D eigenvalue weighted by Crippen LogP contribution is 2.24. The average molecular weight is 243 g/mol. The van der Waals surface area contributed by atoms with E-state index in [9.17, 15) is 4.39 Å². The Bertz CT molecular complexity index is 550. The van der Waals surface area contributed by atoms with Crippen LogP contribution in [0.25, 0.3) is 0 Å². The van der Waals surface area contributed by atoms with E-state index < -0.39 is 0 Å². The van der Waals surface area contributed by atoms with E-state index in [1.165, 1.54) is 6.07 Å². The molecule has 2 aromatic carbocycles. The monoisotopic (exact) mass is 243 g/mol. The molecule has 0 amide bonds. The van der Waals surface area contributed by atoms with Crippen molar-refractivity contribution in [2.75, 3.05) is 19.0 Å². The molecular weight excluding hydrogens is 229 g/mol. The van der Waals surface area contributed by atoms with E-state index in [-0.39, 0.29) is 5.82 Å². The van der Waals surface area contributed by atoms with Gasteiger partial charge in [0.1, 0.15) is 5.82 Å². The minimum atomic E-state index is -0.301. The van der Waals surface area contributed by atoms with Gasteiger partial charge in [0.15, 0.2) is 0 Å². The smallest absolute Gasteiger partial charge is 0.148 e. The van der Waals surface area contributed by atoms with Crippen LogP contribution in [0, 0.1) is 5.82 Å². The first-order chi connectivity index (χ1) is 8.66. The van der Waals surface area contributed by atoms with Crippen molar-refractivity contribution in [3.05, 3.63) is 54.3 Å². The van der Waals surface area contributed by atoms with Crippen LogP contribution in [0.5, 0.6) is 0 Å². The van der Waals surface area contributed by atoms with Gasteiger partial charge in [0.05, 0.1) is 17.1 Å². The Morgan fingerprint density at radius 2 is 1.56 bits per heavy atom. The van der Waals surface area contributed by atoms with Crippen molar-refractivity contribution in [2.24, 2.45) is 10.2 Å². The summed E-state index contributed by atoms with van der Waals surface area (Å²) in [6.45, 7) is 0. The van der Waals surface area contributed by atoms with E-state index in [2.05, 4.69) is 10.2 Å². The molecule has 0 spiro atoms. The number of anilines is 1. The summed E-state index contributed by atoms with van der Waals surface area (Å²) in [5.74, 6) is -0.301. The summed E-state index contributed by atoms with van der Waals surface area (Å²) in [5, 5.41) is 8.04. The first-order valence-electron chi connectivity index (χ1n) is 5.60. The summed E-state index contributed by atoms with van der Waals surface area (Å²) < 4.78 is 13.7. The lowest BCUT2D eigenvalue weighted by Crippen LogP contribution is -2.10. The highest BCUT2D eigenvalue weighted by atomic mass is 19.1. The Kier molecular flexibility index (Phi) is 3.67. The fraction of sp³-hybridized carbons (Fsp3) is 0.143. The number of hydrogen-bond acceptors (Lipinski definition) is 3. The van der Waals surface area contributed by atoms with Crippen molar-refractivity contribution in [1.29, 1.82) is 0 Å². The van der Waals surface area contributed by atoms with Crippen LogP contribution in [0.4, 0.5) is 21.5 Å². The average Bonchev–Trinajstić information content (AvgIpc) is 2.37. The lowest BCUT2D eigenvalue weighted by molar-refractivity contribution is 0.626. The van der Waals surface area contributed by atoms with Crippen LogP contribution >= 0.6 is 0 Å². The molecule has 0 radical (unpaired) electrons. The molecule has 0 saturated heterocycles. The minimum Gasteiger partial charge on any atom is -0.375 e. The number of hydrogen-bond donors (Lipinski definition) is 0. The van der Waals surface area contributed by atoms with Gasteiger partial charge in [-0.15, -0.1) is 0 Å². The summed E-state index contributed by atoms with van der Waals surface area (Å²) in [6.07, 6.45) is 0. The lowest BCUT2D eigenvalue weighted by Gasteiger charge is -2.12. The lowest BCUT2D eigenvalue weighted by atomic mass is 10.2. The molecule has 0 aliphatic carbocycles. The van der Waals surface area contributed by atoms with Gasteiger partial charge in [-0.05, 0) is 24.3 Å². The first kappa shape index (κ1) is 12.2. The molecule has 2 aromatic rings. The molecule has 0 N–H and O–H groups in total. The van der Waals surface area contributed by atoms with E-state index in [4.69, 9.17) is 0 Å². The van der Waals surface area contributed by atoms with Gasteiger partial charge in [-0.2, -0.15) is 10.2 Å². The Labute approximate surface area is 106 Å². The molecule has 0 atom stereocenters. The van der Waals surface area contributed by atoms with Gasteiger partial charge in [-0.25, -0.2) is 4.39 Å². The molecule has 0 aliphatic rings. The fourth-order valence-corrected chi connectivity index (χ4v) is 1.53. The number of halogens is 1. The number of rotatable bonds is 3. The van der Waals surface area contributed by atoms with Gasteiger partial charge < -0.3 is 4.90 Å². The Morgan fingerprint density at radius 3 is 2.17 bits per heavy atom. The summed E-state index contributed by atoms with van der Waals surface area (Å²) in [6, 6.07) is 14.2. The predicted molar refractivity (Wildman–Crippen MR) is 71.3 cm³/mol. The fourth-order valence-electron chi connectivity index (χ4n) is 1.53. The van der Waals surface area contributed by atoms with Gasteiger partial charge in [-0.1, -0.05) is 18.2 Å². The molecule has 0 aliphatic heterocycles. The SMILES string of the molecule is CN(C)c1ccc(/N=N/c2ccccc2)cc1F. The number of azo groups is 1. The van der Waals surface area contributed by atoms with Crippen molar-refractivity contribution in [3.8, 4) is 0 Å². The van der Waals surface area contributed by atoms with Crippen LogP contribution in [-0.2, 0) is 0 Å². The van der Waals surface area contributed by atoms with E-state index >= 15 is 0 Å². The number of benzene rings is 2. The standard InChI is InChI=1S/C14H14FN3/c1-18(2)14-9-8-12(10-13(14)15)17-16-11-6-4-3-5-7-11/h3-10H,1-2H3/b17-16+. The maximum absolute atomic E-state index is 13.7. The van der Waals surface area contributed by atoms with Crippen LogP contribution < -0.4 is 4.90 Å². The number of nitrogens with zero attached hydrogens (tertiary/aromatic N) is 3. The molecule has 0 unspecified atom stereocenters. The van der Waals surface area contributed by atoms with Crippen molar-refractivity contribution < 1.29 is 4.39 Å². The van der Waals surface area contributed by atoms with E-state index in [1.807, 2.05) is 30.3 Å². The van der Waals surface area contributed by atoms with Crippen molar-refractivity contribution in [3.63, 3.8) is 0 Å². The zero-order valence-electron chi connectivity index (χ0n) is 10.3. The third-order valence-corrected chi connectivity index (χ3v) is 2.45. The zero-order chi connectivity index (χ0) is 13.0. The normalized spacial score (nSPS) is 10.8. The van der Waals surface area contributed by atoms with Crippen molar-refractivity contribution in [2.45, 2.75) is 0 Å². The second kappa shape index (κ2) is 5.40. The summed E-state index contributed by atoms with van der Waals surface area (Å²) in [5.41, 5.74) is 1.78. The highest BCUT2D eigenvalue weighted by molar-refractivity contribution is 5.53. The minimum absolute atomic E-state index is 0.301. The summed E-state index contributed by atoms with van der Waals surface area (Å²) in [4.78, 5) is 1.72. The van der Waals surface area contributed by atoms with Crippen molar-refractivity contribution >= 4 is 17.1 Å². The van der Waals surface area contributed by atoms with Crippen molar-refractivity contribution in [1.82, 2.24) is 0 Å². The maximum atomic E-state index is 13.7. The molecule has 0 fully saturated rings. The molecular formula is C14H14FN3. The van der Waals surface area contributed by atoms with E-state index in [1.54, 1.807) is 31.1 Å².